The monoisotopic (exact) mass is 200 g/mol. The number of anilines is 2. The molecular weight excluding hydrogens is 188 g/mol. The number of nitrogens with two attached hydrogens (primary N) is 1. The Labute approximate surface area is 78.0 Å². The van der Waals surface area contributed by atoms with Crippen LogP contribution in [0.4, 0.5) is 11.4 Å². The minimum absolute atomic E-state index is 0.454. The lowest BCUT2D eigenvalue weighted by molar-refractivity contribution is 0.600. The Balaban J connectivity index is 3.17. The second kappa shape index (κ2) is 3.26. The van der Waals surface area contributed by atoms with Gasteiger partial charge >= 0.3 is 0 Å². The Bertz CT molecular complexity index is 400. The average Bonchev–Trinajstić information content (AvgIpc) is 2.02. The lowest BCUT2D eigenvalue weighted by Gasteiger charge is -2.17. The summed E-state index contributed by atoms with van der Waals surface area (Å²) in [6.45, 7) is 0. The number of benzene rings is 1. The van der Waals surface area contributed by atoms with E-state index in [4.69, 9.17) is 5.73 Å². The van der Waals surface area contributed by atoms with Gasteiger partial charge in [0.05, 0.1) is 17.6 Å². The van der Waals surface area contributed by atoms with Crippen LogP contribution in [0.15, 0.2) is 24.3 Å². The van der Waals surface area contributed by atoms with Gasteiger partial charge in [0.25, 0.3) is 0 Å². The number of hydrogen-bond acceptors (Lipinski definition) is 3. The Morgan fingerprint density at radius 2 is 1.85 bits per heavy atom. The molecule has 0 aliphatic rings. The molecule has 0 radical (unpaired) electrons. The van der Waals surface area contributed by atoms with Gasteiger partial charge in [-0.1, -0.05) is 12.1 Å². The molecule has 0 fully saturated rings. The summed E-state index contributed by atoms with van der Waals surface area (Å²) in [6.07, 6.45) is 1.14. The van der Waals surface area contributed by atoms with Gasteiger partial charge in [-0.25, -0.2) is 8.42 Å². The standard InChI is InChI=1S/C8H12N2O2S/c1-10(13(2,11)12)8-6-4-3-5-7(8)9/h3-6H,9H2,1-2H3. The highest BCUT2D eigenvalue weighted by Gasteiger charge is 2.13. The first kappa shape index (κ1) is 9.85. The van der Waals surface area contributed by atoms with Crippen LogP contribution in [0.2, 0.25) is 0 Å². The Morgan fingerprint density at radius 1 is 1.31 bits per heavy atom. The maximum absolute atomic E-state index is 11.2. The highest BCUT2D eigenvalue weighted by atomic mass is 32.2. The predicted octanol–water partition coefficient (Wildman–Crippen LogP) is 0.665. The lowest BCUT2D eigenvalue weighted by Crippen LogP contribution is -2.25. The molecule has 0 atom stereocenters. The van der Waals surface area contributed by atoms with Gasteiger partial charge in [-0.3, -0.25) is 4.31 Å². The highest BCUT2D eigenvalue weighted by Crippen LogP contribution is 2.22. The van der Waals surface area contributed by atoms with E-state index < -0.39 is 10.0 Å². The van der Waals surface area contributed by atoms with Crippen LogP contribution in [0.5, 0.6) is 0 Å². The second-order valence-corrected chi connectivity index (χ2v) is 4.80. The minimum atomic E-state index is -3.23. The van der Waals surface area contributed by atoms with Crippen LogP contribution in [0.1, 0.15) is 0 Å². The molecule has 72 valence electrons. The zero-order valence-electron chi connectivity index (χ0n) is 7.56. The maximum atomic E-state index is 11.2. The molecule has 5 heteroatoms. The van der Waals surface area contributed by atoms with Crippen LogP contribution in [0.25, 0.3) is 0 Å². The molecule has 1 aromatic carbocycles. The van der Waals surface area contributed by atoms with Crippen LogP contribution >= 0.6 is 0 Å². The molecule has 1 aromatic rings. The third kappa shape index (κ3) is 2.12. The Morgan fingerprint density at radius 3 is 2.31 bits per heavy atom. The molecule has 2 N–H and O–H groups in total. The van der Waals surface area contributed by atoms with E-state index in [1.807, 2.05) is 0 Å². The van der Waals surface area contributed by atoms with Gasteiger partial charge < -0.3 is 5.73 Å². The molecule has 0 saturated heterocycles. The number of nitrogens with zero attached hydrogens (tertiary/aromatic N) is 1. The van der Waals surface area contributed by atoms with Crippen LogP contribution in [-0.4, -0.2) is 21.7 Å². The first-order valence-corrected chi connectivity index (χ1v) is 5.56. The summed E-state index contributed by atoms with van der Waals surface area (Å²) < 4.78 is 23.5. The third-order valence-electron chi connectivity index (χ3n) is 1.77. The van der Waals surface area contributed by atoms with E-state index in [1.54, 1.807) is 24.3 Å². The summed E-state index contributed by atoms with van der Waals surface area (Å²) in [4.78, 5) is 0. The van der Waals surface area contributed by atoms with E-state index in [-0.39, 0.29) is 0 Å². The van der Waals surface area contributed by atoms with E-state index in [1.165, 1.54) is 7.05 Å². The number of nitrogen functional groups attached to an aromatic ring is 1. The third-order valence-corrected chi connectivity index (χ3v) is 2.97. The van der Waals surface area contributed by atoms with Gasteiger partial charge in [0.15, 0.2) is 0 Å². The van der Waals surface area contributed by atoms with Crippen molar-refractivity contribution >= 4 is 21.4 Å². The summed E-state index contributed by atoms with van der Waals surface area (Å²) in [6, 6.07) is 6.83. The molecule has 0 saturated carbocycles. The smallest absolute Gasteiger partial charge is 0.232 e. The molecule has 0 aliphatic carbocycles. The molecule has 0 aliphatic heterocycles. The van der Waals surface area contributed by atoms with Gasteiger partial charge in [-0.15, -0.1) is 0 Å². The van der Waals surface area contributed by atoms with Crippen molar-refractivity contribution < 1.29 is 8.42 Å². The van der Waals surface area contributed by atoms with Gasteiger partial charge in [-0.2, -0.15) is 0 Å². The Kier molecular flexibility index (Phi) is 2.47. The molecular formula is C8H12N2O2S. The summed E-state index contributed by atoms with van der Waals surface area (Å²) >= 11 is 0. The van der Waals surface area contributed by atoms with Gasteiger partial charge in [-0.05, 0) is 12.1 Å². The summed E-state index contributed by atoms with van der Waals surface area (Å²) in [7, 11) is -1.75. The van der Waals surface area contributed by atoms with Gasteiger partial charge in [0.1, 0.15) is 0 Å². The van der Waals surface area contributed by atoms with E-state index in [9.17, 15) is 8.42 Å². The van der Waals surface area contributed by atoms with E-state index in [0.717, 1.165) is 10.6 Å². The van der Waals surface area contributed by atoms with E-state index in [0.29, 0.717) is 11.4 Å². The predicted molar refractivity (Wildman–Crippen MR) is 54.1 cm³/mol. The fourth-order valence-corrected chi connectivity index (χ4v) is 1.48. The molecule has 1 rings (SSSR count). The van der Waals surface area contributed by atoms with Gasteiger partial charge in [0.2, 0.25) is 10.0 Å². The average molecular weight is 200 g/mol. The van der Waals surface area contributed by atoms with Crippen molar-refractivity contribution in [3.8, 4) is 0 Å². The van der Waals surface area contributed by atoms with Crippen LogP contribution in [0, 0.1) is 0 Å². The van der Waals surface area contributed by atoms with Crippen molar-refractivity contribution in [2.24, 2.45) is 0 Å². The van der Waals surface area contributed by atoms with Crippen molar-refractivity contribution in [2.45, 2.75) is 0 Å². The number of sulfonamides is 1. The summed E-state index contributed by atoms with van der Waals surface area (Å²) in [5.41, 5.74) is 6.57. The van der Waals surface area contributed by atoms with Crippen LogP contribution in [-0.2, 0) is 10.0 Å². The minimum Gasteiger partial charge on any atom is -0.397 e. The molecule has 0 aromatic heterocycles. The largest absolute Gasteiger partial charge is 0.397 e. The normalized spacial score (nSPS) is 11.2. The molecule has 4 nitrogen and oxygen atoms in total. The van der Waals surface area contributed by atoms with Crippen LogP contribution in [0.3, 0.4) is 0 Å². The van der Waals surface area contributed by atoms with Crippen molar-refractivity contribution in [3.05, 3.63) is 24.3 Å². The quantitative estimate of drug-likeness (QED) is 0.713. The number of para-hydroxylation sites is 2. The lowest BCUT2D eigenvalue weighted by atomic mass is 10.3. The van der Waals surface area contributed by atoms with E-state index >= 15 is 0 Å². The zero-order chi connectivity index (χ0) is 10.1. The van der Waals surface area contributed by atoms with Crippen molar-refractivity contribution in [2.75, 3.05) is 23.3 Å². The molecule has 0 spiro atoms. The van der Waals surface area contributed by atoms with Crippen molar-refractivity contribution in [1.29, 1.82) is 0 Å². The first-order valence-electron chi connectivity index (χ1n) is 3.71. The summed E-state index contributed by atoms with van der Waals surface area (Å²) in [5, 5.41) is 0. The number of hydrogen-bond donors (Lipinski definition) is 1. The zero-order valence-corrected chi connectivity index (χ0v) is 8.38. The first-order chi connectivity index (χ1) is 5.93. The van der Waals surface area contributed by atoms with Gasteiger partial charge in [0, 0.05) is 7.05 Å². The molecule has 0 amide bonds. The molecule has 0 unspecified atom stereocenters. The van der Waals surface area contributed by atoms with Crippen molar-refractivity contribution in [1.82, 2.24) is 0 Å². The molecule has 13 heavy (non-hydrogen) atoms. The fourth-order valence-electron chi connectivity index (χ4n) is 0.953. The molecule has 0 heterocycles. The Hall–Kier alpha value is -1.23. The highest BCUT2D eigenvalue weighted by molar-refractivity contribution is 7.92. The SMILES string of the molecule is CN(c1ccccc1N)S(C)(=O)=O. The topological polar surface area (TPSA) is 63.4 Å². The van der Waals surface area contributed by atoms with Crippen molar-refractivity contribution in [3.63, 3.8) is 0 Å². The fraction of sp³-hybridized carbons (Fsp3) is 0.250. The molecule has 0 bridgehead atoms. The number of rotatable bonds is 2. The maximum Gasteiger partial charge on any atom is 0.232 e. The second-order valence-electron chi connectivity index (χ2n) is 2.79. The summed E-state index contributed by atoms with van der Waals surface area (Å²) in [5.74, 6) is 0. The van der Waals surface area contributed by atoms with E-state index in [2.05, 4.69) is 0 Å². The van der Waals surface area contributed by atoms with Crippen LogP contribution < -0.4 is 10.0 Å².